The molecule has 4 heteroatoms. The van der Waals surface area contributed by atoms with Crippen molar-refractivity contribution in [3.63, 3.8) is 0 Å². The van der Waals surface area contributed by atoms with Gasteiger partial charge in [0.2, 0.25) is 6.41 Å². The average molecular weight is 363 g/mol. The van der Waals surface area contributed by atoms with Crippen molar-refractivity contribution in [2.75, 3.05) is 24.5 Å². The largest absolute Gasteiger partial charge is 0.370 e. The highest BCUT2D eigenvalue weighted by molar-refractivity contribution is 6.33. The molecule has 1 unspecified atom stereocenters. The van der Waals surface area contributed by atoms with Crippen LogP contribution in [0.2, 0.25) is 5.02 Å². The van der Waals surface area contributed by atoms with Gasteiger partial charge in [0.05, 0.1) is 10.7 Å². The zero-order chi connectivity index (χ0) is 17.5. The fraction of sp³-hybridized carbons (Fsp3) is 0.667. The number of anilines is 1. The molecule has 2 fully saturated rings. The number of benzene rings is 1. The predicted molar refractivity (Wildman–Crippen MR) is 105 cm³/mol. The number of rotatable bonds is 6. The van der Waals surface area contributed by atoms with Gasteiger partial charge in [0.1, 0.15) is 0 Å². The maximum Gasteiger partial charge on any atom is 0.209 e. The smallest absolute Gasteiger partial charge is 0.209 e. The highest BCUT2D eigenvalue weighted by Gasteiger charge is 2.24. The Balaban J connectivity index is 1.53. The average Bonchev–Trinajstić information content (AvgIpc) is 2.92. The van der Waals surface area contributed by atoms with E-state index < -0.39 is 0 Å². The summed E-state index contributed by atoms with van der Waals surface area (Å²) in [6.07, 6.45) is 12.3. The van der Waals surface area contributed by atoms with Gasteiger partial charge in [-0.25, -0.2) is 0 Å². The van der Waals surface area contributed by atoms with Crippen LogP contribution < -0.4 is 4.90 Å². The summed E-state index contributed by atoms with van der Waals surface area (Å²) in [6, 6.07) is 8.62. The Morgan fingerprint density at radius 3 is 2.56 bits per heavy atom. The zero-order valence-corrected chi connectivity index (χ0v) is 16.0. The SMILES string of the molecule is O=CN(CCC1CCCN(c2ccccc2Cl)C1)C1CCCCCC1. The number of para-hydroxylation sites is 1. The van der Waals surface area contributed by atoms with Gasteiger partial charge in [-0.2, -0.15) is 0 Å². The molecule has 0 bridgehead atoms. The first-order valence-corrected chi connectivity index (χ1v) is 10.4. The number of halogens is 1. The minimum Gasteiger partial charge on any atom is -0.370 e. The second-order valence-corrected chi connectivity index (χ2v) is 8.09. The van der Waals surface area contributed by atoms with E-state index in [9.17, 15) is 4.79 Å². The lowest BCUT2D eigenvalue weighted by atomic mass is 9.93. The lowest BCUT2D eigenvalue weighted by Gasteiger charge is -2.36. The molecule has 138 valence electrons. The highest BCUT2D eigenvalue weighted by atomic mass is 35.5. The van der Waals surface area contributed by atoms with Gasteiger partial charge < -0.3 is 9.80 Å². The summed E-state index contributed by atoms with van der Waals surface area (Å²) in [4.78, 5) is 16.1. The topological polar surface area (TPSA) is 23.6 Å². The van der Waals surface area contributed by atoms with Crippen LogP contribution in [0.15, 0.2) is 24.3 Å². The summed E-state index contributed by atoms with van der Waals surface area (Å²) in [5, 5.41) is 0.844. The van der Waals surface area contributed by atoms with Crippen LogP contribution in [-0.4, -0.2) is 37.0 Å². The Morgan fingerprint density at radius 2 is 1.84 bits per heavy atom. The Morgan fingerprint density at radius 1 is 1.08 bits per heavy atom. The van der Waals surface area contributed by atoms with E-state index in [0.29, 0.717) is 12.0 Å². The van der Waals surface area contributed by atoms with Gasteiger partial charge in [-0.3, -0.25) is 4.79 Å². The summed E-state index contributed by atoms with van der Waals surface area (Å²) in [5.74, 6) is 0.651. The van der Waals surface area contributed by atoms with Crippen molar-refractivity contribution in [3.8, 4) is 0 Å². The summed E-state index contributed by atoms with van der Waals surface area (Å²) >= 11 is 6.38. The van der Waals surface area contributed by atoms with E-state index >= 15 is 0 Å². The Bertz CT molecular complexity index is 542. The summed E-state index contributed by atoms with van der Waals surface area (Å²) in [5.41, 5.74) is 1.16. The predicted octanol–water partition coefficient (Wildman–Crippen LogP) is 5.13. The first kappa shape index (κ1) is 18.6. The zero-order valence-electron chi connectivity index (χ0n) is 15.2. The molecule has 0 radical (unpaired) electrons. The number of amides is 1. The molecule has 1 aromatic carbocycles. The van der Waals surface area contributed by atoms with Crippen molar-refractivity contribution in [1.29, 1.82) is 0 Å². The summed E-state index contributed by atoms with van der Waals surface area (Å²) in [6.45, 7) is 3.05. The molecule has 1 aliphatic heterocycles. The summed E-state index contributed by atoms with van der Waals surface area (Å²) in [7, 11) is 0. The van der Waals surface area contributed by atoms with E-state index in [1.165, 1.54) is 51.4 Å². The first-order chi connectivity index (χ1) is 12.3. The molecule has 3 nitrogen and oxygen atoms in total. The Kier molecular flexibility index (Phi) is 7.03. The molecule has 0 aromatic heterocycles. The maximum atomic E-state index is 11.6. The number of piperidine rings is 1. The number of carbonyl (C=O) groups excluding carboxylic acids is 1. The van der Waals surface area contributed by atoms with Gasteiger partial charge in [-0.05, 0) is 50.2 Å². The van der Waals surface area contributed by atoms with E-state index in [4.69, 9.17) is 11.6 Å². The minimum absolute atomic E-state index is 0.475. The molecule has 25 heavy (non-hydrogen) atoms. The quantitative estimate of drug-likeness (QED) is 0.517. The molecule has 0 spiro atoms. The lowest BCUT2D eigenvalue weighted by Crippen LogP contribution is -2.39. The monoisotopic (exact) mass is 362 g/mol. The van der Waals surface area contributed by atoms with Crippen molar-refractivity contribution >= 4 is 23.7 Å². The normalized spacial score (nSPS) is 22.4. The third-order valence-corrected chi connectivity index (χ3v) is 6.26. The molecule has 1 heterocycles. The van der Waals surface area contributed by atoms with Crippen LogP contribution >= 0.6 is 11.6 Å². The van der Waals surface area contributed by atoms with Crippen molar-refractivity contribution in [3.05, 3.63) is 29.3 Å². The second-order valence-electron chi connectivity index (χ2n) is 7.68. The highest BCUT2D eigenvalue weighted by Crippen LogP contribution is 2.31. The fourth-order valence-corrected chi connectivity index (χ4v) is 4.73. The molecule has 1 aromatic rings. The lowest BCUT2D eigenvalue weighted by molar-refractivity contribution is -0.120. The molecule has 2 aliphatic rings. The molecule has 1 saturated carbocycles. The Hall–Kier alpha value is -1.22. The van der Waals surface area contributed by atoms with E-state index in [1.54, 1.807) is 0 Å². The van der Waals surface area contributed by atoms with Crippen molar-refractivity contribution < 1.29 is 4.79 Å². The van der Waals surface area contributed by atoms with Crippen LogP contribution in [0.3, 0.4) is 0 Å². The fourth-order valence-electron chi connectivity index (χ4n) is 4.47. The molecule has 1 saturated heterocycles. The van der Waals surface area contributed by atoms with Crippen LogP contribution in [0.1, 0.15) is 57.8 Å². The van der Waals surface area contributed by atoms with Gasteiger partial charge in [0.15, 0.2) is 0 Å². The van der Waals surface area contributed by atoms with Gasteiger partial charge in [-0.1, -0.05) is 49.4 Å². The van der Waals surface area contributed by atoms with Crippen molar-refractivity contribution in [1.82, 2.24) is 4.90 Å². The standard InChI is InChI=1S/C21H31ClN2O/c22-20-11-5-6-12-21(20)23-14-7-8-18(16-23)13-15-24(17-25)19-9-3-1-2-4-10-19/h5-6,11-12,17-19H,1-4,7-10,13-16H2. The van der Waals surface area contributed by atoms with Crippen molar-refractivity contribution in [2.45, 2.75) is 63.8 Å². The molecular weight excluding hydrogens is 332 g/mol. The van der Waals surface area contributed by atoms with Crippen LogP contribution in [0.5, 0.6) is 0 Å². The molecule has 1 aliphatic carbocycles. The minimum atomic E-state index is 0.475. The van der Waals surface area contributed by atoms with E-state index in [-0.39, 0.29) is 0 Å². The summed E-state index contributed by atoms with van der Waals surface area (Å²) < 4.78 is 0. The number of carbonyl (C=O) groups is 1. The van der Waals surface area contributed by atoms with E-state index in [0.717, 1.165) is 43.2 Å². The van der Waals surface area contributed by atoms with Crippen molar-refractivity contribution in [2.24, 2.45) is 5.92 Å². The van der Waals surface area contributed by atoms with Gasteiger partial charge in [0, 0.05) is 25.7 Å². The van der Waals surface area contributed by atoms with Crippen LogP contribution in [-0.2, 0) is 4.79 Å². The third kappa shape index (κ3) is 5.13. The van der Waals surface area contributed by atoms with Gasteiger partial charge in [-0.15, -0.1) is 0 Å². The van der Waals surface area contributed by atoms with E-state index in [1.807, 2.05) is 12.1 Å². The molecule has 0 N–H and O–H groups in total. The van der Waals surface area contributed by atoms with Crippen LogP contribution in [0.25, 0.3) is 0 Å². The molecule has 3 rings (SSSR count). The van der Waals surface area contributed by atoms with E-state index in [2.05, 4.69) is 21.9 Å². The van der Waals surface area contributed by atoms with Gasteiger partial charge >= 0.3 is 0 Å². The van der Waals surface area contributed by atoms with Crippen LogP contribution in [0.4, 0.5) is 5.69 Å². The van der Waals surface area contributed by atoms with Crippen LogP contribution in [0, 0.1) is 5.92 Å². The number of nitrogens with zero attached hydrogens (tertiary/aromatic N) is 2. The Labute approximate surface area is 157 Å². The number of hydrogen-bond acceptors (Lipinski definition) is 2. The maximum absolute atomic E-state index is 11.6. The number of hydrogen-bond donors (Lipinski definition) is 0. The molecule has 1 atom stereocenters. The van der Waals surface area contributed by atoms with Gasteiger partial charge in [0.25, 0.3) is 0 Å². The first-order valence-electron chi connectivity index (χ1n) is 9.98. The second kappa shape index (κ2) is 9.47. The molecule has 1 amide bonds. The molecular formula is C21H31ClN2O. The third-order valence-electron chi connectivity index (χ3n) is 5.94.